The van der Waals surface area contributed by atoms with Gasteiger partial charge in [-0.05, 0) is 18.8 Å². The van der Waals surface area contributed by atoms with Crippen LogP contribution >= 0.6 is 0 Å². The zero-order valence-electron chi connectivity index (χ0n) is 7.85. The Hall–Kier alpha value is -0.530. The van der Waals surface area contributed by atoms with Gasteiger partial charge in [0.25, 0.3) is 0 Å². The smallest absolute Gasteiger partial charge is 0.180 e. The average Bonchev–Trinajstić information content (AvgIpc) is 1.90. The van der Waals surface area contributed by atoms with Gasteiger partial charge in [-0.15, -0.1) is 0 Å². The molecule has 0 spiro atoms. The molecule has 0 saturated carbocycles. The summed E-state index contributed by atoms with van der Waals surface area (Å²) in [4.78, 5) is 4.32. The standard InChI is InChI=1S/C9H17NO/c1-7-5-9(3,4)6-10-8(2)11-7/h7H,5-6H2,1-4H3. The van der Waals surface area contributed by atoms with E-state index >= 15 is 0 Å². The third-order valence-corrected chi connectivity index (χ3v) is 1.94. The van der Waals surface area contributed by atoms with Crippen molar-refractivity contribution in [2.24, 2.45) is 10.4 Å². The number of ether oxygens (including phenoxy) is 1. The van der Waals surface area contributed by atoms with E-state index in [4.69, 9.17) is 4.74 Å². The molecule has 0 amide bonds. The lowest BCUT2D eigenvalue weighted by atomic mass is 9.87. The summed E-state index contributed by atoms with van der Waals surface area (Å²) in [6.07, 6.45) is 1.41. The fourth-order valence-corrected chi connectivity index (χ4v) is 1.54. The highest BCUT2D eigenvalue weighted by Gasteiger charge is 2.24. The molecule has 0 N–H and O–H groups in total. The van der Waals surface area contributed by atoms with Crippen molar-refractivity contribution in [1.29, 1.82) is 0 Å². The van der Waals surface area contributed by atoms with E-state index in [-0.39, 0.29) is 0 Å². The zero-order valence-corrected chi connectivity index (χ0v) is 7.85. The average molecular weight is 155 g/mol. The maximum Gasteiger partial charge on any atom is 0.180 e. The topological polar surface area (TPSA) is 21.6 Å². The molecule has 2 nitrogen and oxygen atoms in total. The molecule has 0 bridgehead atoms. The first-order valence-corrected chi connectivity index (χ1v) is 4.17. The molecule has 11 heavy (non-hydrogen) atoms. The summed E-state index contributed by atoms with van der Waals surface area (Å²) in [6, 6.07) is 0. The Morgan fingerprint density at radius 1 is 1.55 bits per heavy atom. The number of aliphatic imine (C=N–C) groups is 1. The van der Waals surface area contributed by atoms with Gasteiger partial charge in [0.2, 0.25) is 0 Å². The molecule has 1 atom stereocenters. The van der Waals surface area contributed by atoms with Crippen LogP contribution in [-0.4, -0.2) is 18.5 Å². The molecule has 0 aliphatic carbocycles. The van der Waals surface area contributed by atoms with E-state index in [0.29, 0.717) is 11.5 Å². The summed E-state index contributed by atoms with van der Waals surface area (Å²) < 4.78 is 5.50. The number of hydrogen-bond donors (Lipinski definition) is 0. The molecule has 1 aliphatic rings. The van der Waals surface area contributed by atoms with Gasteiger partial charge in [0.1, 0.15) is 0 Å². The van der Waals surface area contributed by atoms with Crippen molar-refractivity contribution in [3.63, 3.8) is 0 Å². The van der Waals surface area contributed by atoms with E-state index in [1.165, 1.54) is 0 Å². The lowest BCUT2D eigenvalue weighted by molar-refractivity contribution is 0.158. The molecular weight excluding hydrogens is 138 g/mol. The third kappa shape index (κ3) is 2.52. The first-order valence-electron chi connectivity index (χ1n) is 4.17. The van der Waals surface area contributed by atoms with E-state index in [1.807, 2.05) is 6.92 Å². The van der Waals surface area contributed by atoms with Crippen molar-refractivity contribution < 1.29 is 4.74 Å². The number of rotatable bonds is 0. The molecule has 64 valence electrons. The summed E-state index contributed by atoms with van der Waals surface area (Å²) in [5, 5.41) is 0. The van der Waals surface area contributed by atoms with Crippen LogP contribution in [0.15, 0.2) is 4.99 Å². The first kappa shape index (κ1) is 8.57. The highest BCUT2D eigenvalue weighted by atomic mass is 16.5. The fraction of sp³-hybridized carbons (Fsp3) is 0.889. The number of nitrogens with zero attached hydrogens (tertiary/aromatic N) is 1. The maximum absolute atomic E-state index is 5.50. The predicted octanol–water partition coefficient (Wildman–Crippen LogP) is 2.24. The normalized spacial score (nSPS) is 30.2. The summed E-state index contributed by atoms with van der Waals surface area (Å²) >= 11 is 0. The Labute approximate surface area is 68.7 Å². The summed E-state index contributed by atoms with van der Waals surface area (Å²) in [5.74, 6) is 0.836. The van der Waals surface area contributed by atoms with Crippen LogP contribution in [0.3, 0.4) is 0 Å². The first-order chi connectivity index (χ1) is 4.99. The Morgan fingerprint density at radius 2 is 2.18 bits per heavy atom. The van der Waals surface area contributed by atoms with Crippen LogP contribution in [0.25, 0.3) is 0 Å². The molecule has 0 fully saturated rings. The van der Waals surface area contributed by atoms with E-state index in [9.17, 15) is 0 Å². The molecule has 0 aromatic rings. The SMILES string of the molecule is CC1=NCC(C)(C)CC(C)O1. The zero-order chi connectivity index (χ0) is 8.48. The summed E-state index contributed by atoms with van der Waals surface area (Å²) in [6.45, 7) is 9.39. The lowest BCUT2D eigenvalue weighted by Crippen LogP contribution is -2.20. The molecule has 0 aromatic carbocycles. The van der Waals surface area contributed by atoms with Crippen molar-refractivity contribution in [3.8, 4) is 0 Å². The Bertz CT molecular complexity index is 172. The summed E-state index contributed by atoms with van der Waals surface area (Å²) in [7, 11) is 0. The minimum absolute atomic E-state index is 0.303. The van der Waals surface area contributed by atoms with Crippen molar-refractivity contribution >= 4 is 5.90 Å². The van der Waals surface area contributed by atoms with Crippen molar-refractivity contribution in [3.05, 3.63) is 0 Å². The molecule has 2 heteroatoms. The van der Waals surface area contributed by atoms with Crippen molar-refractivity contribution in [2.75, 3.05) is 6.54 Å². The van der Waals surface area contributed by atoms with Gasteiger partial charge in [0.15, 0.2) is 5.90 Å². The van der Waals surface area contributed by atoms with Crippen LogP contribution < -0.4 is 0 Å². The van der Waals surface area contributed by atoms with Crippen LogP contribution in [0.2, 0.25) is 0 Å². The Morgan fingerprint density at radius 3 is 2.82 bits per heavy atom. The molecular formula is C9H17NO. The van der Waals surface area contributed by atoms with Gasteiger partial charge in [-0.1, -0.05) is 13.8 Å². The second-order valence-electron chi connectivity index (χ2n) is 4.13. The van der Waals surface area contributed by atoms with Gasteiger partial charge in [-0.3, -0.25) is 4.99 Å². The molecule has 1 aliphatic heterocycles. The van der Waals surface area contributed by atoms with Gasteiger partial charge in [-0.2, -0.15) is 0 Å². The third-order valence-electron chi connectivity index (χ3n) is 1.94. The Kier molecular flexibility index (Phi) is 2.21. The number of hydrogen-bond acceptors (Lipinski definition) is 2. The largest absolute Gasteiger partial charge is 0.478 e. The second-order valence-corrected chi connectivity index (χ2v) is 4.13. The highest BCUT2D eigenvalue weighted by Crippen LogP contribution is 2.26. The van der Waals surface area contributed by atoms with E-state index in [1.54, 1.807) is 0 Å². The maximum atomic E-state index is 5.50. The molecule has 1 heterocycles. The van der Waals surface area contributed by atoms with E-state index in [0.717, 1.165) is 18.9 Å². The van der Waals surface area contributed by atoms with Crippen LogP contribution in [0.5, 0.6) is 0 Å². The van der Waals surface area contributed by atoms with Gasteiger partial charge < -0.3 is 4.74 Å². The molecule has 0 saturated heterocycles. The van der Waals surface area contributed by atoms with Crippen molar-refractivity contribution in [2.45, 2.75) is 40.2 Å². The van der Waals surface area contributed by atoms with Gasteiger partial charge >= 0.3 is 0 Å². The molecule has 1 unspecified atom stereocenters. The molecule has 1 rings (SSSR count). The van der Waals surface area contributed by atoms with Crippen LogP contribution in [0.4, 0.5) is 0 Å². The summed E-state index contributed by atoms with van der Waals surface area (Å²) in [5.41, 5.74) is 0.303. The minimum atomic E-state index is 0.303. The fourth-order valence-electron chi connectivity index (χ4n) is 1.54. The van der Waals surface area contributed by atoms with Gasteiger partial charge in [0.05, 0.1) is 6.10 Å². The second kappa shape index (κ2) is 2.84. The quantitative estimate of drug-likeness (QED) is 0.525. The van der Waals surface area contributed by atoms with Crippen LogP contribution in [-0.2, 0) is 4.74 Å². The van der Waals surface area contributed by atoms with Crippen LogP contribution in [0.1, 0.15) is 34.1 Å². The van der Waals surface area contributed by atoms with Gasteiger partial charge in [0, 0.05) is 13.5 Å². The molecule has 0 aromatic heterocycles. The van der Waals surface area contributed by atoms with E-state index in [2.05, 4.69) is 25.8 Å². The minimum Gasteiger partial charge on any atom is -0.478 e. The van der Waals surface area contributed by atoms with Crippen molar-refractivity contribution in [1.82, 2.24) is 0 Å². The van der Waals surface area contributed by atoms with E-state index < -0.39 is 0 Å². The lowest BCUT2D eigenvalue weighted by Gasteiger charge is -2.22. The predicted molar refractivity (Wildman–Crippen MR) is 46.9 cm³/mol. The van der Waals surface area contributed by atoms with Crippen LogP contribution in [0, 0.1) is 5.41 Å². The highest BCUT2D eigenvalue weighted by molar-refractivity contribution is 5.73. The Balaban J connectivity index is 2.67. The van der Waals surface area contributed by atoms with Gasteiger partial charge in [-0.25, -0.2) is 0 Å². The molecule has 0 radical (unpaired) electrons. The monoisotopic (exact) mass is 155 g/mol.